The molecule has 10 heteroatoms. The van der Waals surface area contributed by atoms with Gasteiger partial charge in [-0.05, 0) is 115 Å². The summed E-state index contributed by atoms with van der Waals surface area (Å²) in [6.07, 6.45) is 92.4. The number of allylic oxidation sites excluding steroid dienone is 15. The molecule has 3 atom stereocenters. The first-order valence-corrected chi connectivity index (χ1v) is 39.0. The van der Waals surface area contributed by atoms with Crippen molar-refractivity contribution in [2.75, 3.05) is 40.9 Å². The number of nitrogens with one attached hydrogen (secondary N) is 1. The highest BCUT2D eigenvalue weighted by Gasteiger charge is 2.27. The van der Waals surface area contributed by atoms with Gasteiger partial charge in [-0.3, -0.25) is 14.2 Å². The maximum absolute atomic E-state index is 13.6. The van der Waals surface area contributed by atoms with Crippen LogP contribution in [0.25, 0.3) is 0 Å². The van der Waals surface area contributed by atoms with Crippen LogP contribution in [0.2, 0.25) is 0 Å². The number of esters is 1. The number of phosphoric acid groups is 1. The van der Waals surface area contributed by atoms with Crippen LogP contribution in [-0.4, -0.2) is 69.4 Å². The van der Waals surface area contributed by atoms with E-state index in [1.54, 1.807) is 0 Å². The van der Waals surface area contributed by atoms with Crippen molar-refractivity contribution in [2.24, 2.45) is 0 Å². The molecule has 0 rings (SSSR count). The Kier molecular flexibility index (Phi) is 65.5. The van der Waals surface area contributed by atoms with Gasteiger partial charge in [0.1, 0.15) is 19.3 Å². The third-order valence-corrected chi connectivity index (χ3v) is 17.5. The molecule has 0 saturated carbocycles. The van der Waals surface area contributed by atoms with Gasteiger partial charge in [-0.25, -0.2) is 0 Å². The number of rotatable bonds is 68. The molecule has 0 aromatic carbocycles. The monoisotopic (exact) mass is 1260 g/mol. The Morgan fingerprint density at radius 3 is 1.04 bits per heavy atom. The Hall–Kier alpha value is -3.07. The zero-order chi connectivity index (χ0) is 64.9. The molecule has 0 heterocycles. The fraction of sp³-hybridized carbons (Fsp3) is 0.772. The van der Waals surface area contributed by atoms with Gasteiger partial charge in [0.25, 0.3) is 7.82 Å². The standard InChI is InChI=1S/C79H143N2O7P/c1-7-10-13-16-19-22-25-28-30-32-34-36-38-40-42-44-46-48-50-53-56-59-62-65-68-71-78(82)80-76(75-87-89(84,85)86-74-73-81(4,5)6)77(70-67-64-61-58-55-52-27-24-21-18-15-12-9-3)88-79(83)72-69-66-63-60-57-54-51-49-47-45-43-41-39-37-35-33-31-29-26-23-20-17-14-11-8-2/h19-20,22-23,28-31,34-37,40,42,67,70,76-77H,7-18,21,24-27,32-33,38-39,41,43-66,68-69,71-75H2,1-6H3,(H-,80,82,84,85)/b22-19-,23-20-,30-28-,31-29-,36-34-,37-35-,42-40-,70-67+. The highest BCUT2D eigenvalue weighted by molar-refractivity contribution is 7.45. The van der Waals surface area contributed by atoms with Crippen LogP contribution in [0.4, 0.5) is 0 Å². The number of nitrogens with zero attached hydrogens (tertiary/aromatic N) is 1. The lowest BCUT2D eigenvalue weighted by molar-refractivity contribution is -0.870. The van der Waals surface area contributed by atoms with Crippen LogP contribution in [0.5, 0.6) is 0 Å². The van der Waals surface area contributed by atoms with Crippen molar-refractivity contribution in [3.63, 3.8) is 0 Å². The van der Waals surface area contributed by atoms with Gasteiger partial charge < -0.3 is 28.5 Å². The Morgan fingerprint density at radius 1 is 0.393 bits per heavy atom. The van der Waals surface area contributed by atoms with E-state index < -0.39 is 26.6 Å². The predicted molar refractivity (Wildman–Crippen MR) is 385 cm³/mol. The molecule has 0 aliphatic heterocycles. The number of likely N-dealkylation sites (N-methyl/N-ethyl adjacent to an activating group) is 1. The quantitative estimate of drug-likeness (QED) is 0.0212. The molecule has 0 fully saturated rings. The summed E-state index contributed by atoms with van der Waals surface area (Å²) >= 11 is 0. The average Bonchev–Trinajstić information content (AvgIpc) is 3.67. The molecule has 3 unspecified atom stereocenters. The summed E-state index contributed by atoms with van der Waals surface area (Å²) in [6.45, 7) is 6.82. The third kappa shape index (κ3) is 69.1. The van der Waals surface area contributed by atoms with E-state index in [1.165, 1.54) is 205 Å². The van der Waals surface area contributed by atoms with Gasteiger partial charge in [0.15, 0.2) is 0 Å². The molecule has 0 bridgehead atoms. The van der Waals surface area contributed by atoms with Crippen LogP contribution in [0.1, 0.15) is 342 Å². The number of carbonyl (C=O) groups excluding carboxylic acids is 2. The van der Waals surface area contributed by atoms with Crippen LogP contribution in [0, 0.1) is 0 Å². The number of unbranched alkanes of at least 4 members (excludes halogenated alkanes) is 38. The van der Waals surface area contributed by atoms with Crippen molar-refractivity contribution in [1.29, 1.82) is 0 Å². The van der Waals surface area contributed by atoms with Crippen molar-refractivity contribution in [3.05, 3.63) is 97.2 Å². The summed E-state index contributed by atoms with van der Waals surface area (Å²) in [5.74, 6) is -0.543. The van der Waals surface area contributed by atoms with E-state index in [4.69, 9.17) is 13.8 Å². The summed E-state index contributed by atoms with van der Waals surface area (Å²) in [4.78, 5) is 40.3. The van der Waals surface area contributed by atoms with Gasteiger partial charge in [-0.15, -0.1) is 0 Å². The van der Waals surface area contributed by atoms with E-state index in [1.807, 2.05) is 33.3 Å². The molecule has 9 nitrogen and oxygen atoms in total. The minimum Gasteiger partial charge on any atom is -0.756 e. The number of carbonyl (C=O) groups is 2. The zero-order valence-electron chi connectivity index (χ0n) is 59.1. The van der Waals surface area contributed by atoms with Gasteiger partial charge in [0.2, 0.25) is 5.91 Å². The van der Waals surface area contributed by atoms with E-state index in [0.29, 0.717) is 17.4 Å². The molecule has 0 aromatic heterocycles. The number of hydrogen-bond donors (Lipinski definition) is 1. The van der Waals surface area contributed by atoms with Crippen LogP contribution >= 0.6 is 7.82 Å². The summed E-state index contributed by atoms with van der Waals surface area (Å²) in [6, 6.07) is -0.899. The second-order valence-corrected chi connectivity index (χ2v) is 27.9. The van der Waals surface area contributed by atoms with E-state index in [-0.39, 0.29) is 24.9 Å². The summed E-state index contributed by atoms with van der Waals surface area (Å²) < 4.78 is 30.5. The SMILES string of the molecule is CCCCC/C=C\C/C=C\C/C=C\C/C=C\CCCCCCCCCCCC(=O)NC(COP(=O)([O-])OCC[N+](C)(C)C)C(/C=C/CCCCCCCCCCCCC)OC(=O)CCCCCCCCCCCCCC/C=C\C/C=C\C/C=C\CCCCC. The van der Waals surface area contributed by atoms with Crippen LogP contribution < -0.4 is 10.2 Å². The molecule has 0 saturated heterocycles. The lowest BCUT2D eigenvalue weighted by Gasteiger charge is -2.30. The van der Waals surface area contributed by atoms with Crippen molar-refractivity contribution >= 4 is 19.7 Å². The van der Waals surface area contributed by atoms with E-state index in [0.717, 1.165) is 103 Å². The Bertz CT molecular complexity index is 1840. The molecule has 0 aliphatic rings. The molecule has 0 spiro atoms. The first kappa shape index (κ1) is 85.9. The van der Waals surface area contributed by atoms with Crippen LogP contribution in [-0.2, 0) is 27.9 Å². The highest BCUT2D eigenvalue weighted by Crippen LogP contribution is 2.38. The maximum Gasteiger partial charge on any atom is 0.306 e. The smallest absolute Gasteiger partial charge is 0.306 e. The van der Waals surface area contributed by atoms with Crippen LogP contribution in [0.15, 0.2) is 97.2 Å². The molecule has 89 heavy (non-hydrogen) atoms. The summed E-state index contributed by atoms with van der Waals surface area (Å²) in [5.41, 5.74) is 0. The normalized spacial score (nSPS) is 14.0. The van der Waals surface area contributed by atoms with Crippen molar-refractivity contribution in [1.82, 2.24) is 5.32 Å². The number of hydrogen-bond acceptors (Lipinski definition) is 7. The number of ether oxygens (including phenoxy) is 1. The third-order valence-electron chi connectivity index (χ3n) is 16.5. The highest BCUT2D eigenvalue weighted by atomic mass is 31.2. The molecule has 0 aromatic rings. The molecular formula is C79H143N2O7P. The zero-order valence-corrected chi connectivity index (χ0v) is 60.0. The van der Waals surface area contributed by atoms with Crippen molar-refractivity contribution in [2.45, 2.75) is 354 Å². The predicted octanol–water partition coefficient (Wildman–Crippen LogP) is 23.6. The largest absolute Gasteiger partial charge is 0.756 e. The second kappa shape index (κ2) is 67.8. The van der Waals surface area contributed by atoms with Gasteiger partial charge in [0, 0.05) is 12.8 Å². The first-order valence-electron chi connectivity index (χ1n) is 37.5. The minimum atomic E-state index is -4.71. The topological polar surface area (TPSA) is 114 Å². The van der Waals surface area contributed by atoms with Gasteiger partial charge in [-0.1, -0.05) is 311 Å². The number of quaternary nitrogens is 1. The fourth-order valence-corrected chi connectivity index (χ4v) is 11.4. The molecule has 0 radical (unpaired) electrons. The lowest BCUT2D eigenvalue weighted by Crippen LogP contribution is -2.47. The molecule has 1 N–H and O–H groups in total. The molecule has 0 aliphatic carbocycles. The average molecular weight is 1260 g/mol. The Labute approximate surface area is 551 Å². The second-order valence-electron chi connectivity index (χ2n) is 26.4. The number of phosphoric ester groups is 1. The van der Waals surface area contributed by atoms with E-state index in [2.05, 4.69) is 111 Å². The molecule has 516 valence electrons. The first-order chi connectivity index (χ1) is 43.4. The summed E-state index contributed by atoms with van der Waals surface area (Å²) in [7, 11) is 1.18. The molecule has 1 amide bonds. The Morgan fingerprint density at radius 2 is 0.685 bits per heavy atom. The Balaban J connectivity index is 5.07. The fourth-order valence-electron chi connectivity index (χ4n) is 10.7. The summed E-state index contributed by atoms with van der Waals surface area (Å²) in [5, 5.41) is 3.05. The van der Waals surface area contributed by atoms with E-state index in [9.17, 15) is 19.0 Å². The van der Waals surface area contributed by atoms with E-state index >= 15 is 0 Å². The molecular weight excluding hydrogens is 1120 g/mol. The lowest BCUT2D eigenvalue weighted by atomic mass is 10.0. The van der Waals surface area contributed by atoms with Gasteiger partial charge in [0.05, 0.1) is 33.8 Å². The van der Waals surface area contributed by atoms with Gasteiger partial charge in [-0.2, -0.15) is 0 Å². The van der Waals surface area contributed by atoms with Crippen molar-refractivity contribution in [3.8, 4) is 0 Å². The number of amides is 1. The minimum absolute atomic E-state index is 0.0269. The maximum atomic E-state index is 13.6. The van der Waals surface area contributed by atoms with Crippen molar-refractivity contribution < 1.29 is 37.3 Å². The van der Waals surface area contributed by atoms with Crippen LogP contribution in [0.3, 0.4) is 0 Å². The van der Waals surface area contributed by atoms with Gasteiger partial charge >= 0.3 is 5.97 Å².